The largest absolute Gasteiger partial charge is 0.507 e. The van der Waals surface area contributed by atoms with Gasteiger partial charge in [-0.2, -0.15) is 0 Å². The smallest absolute Gasteiger partial charge is 0.231 e. The minimum Gasteiger partial charge on any atom is -0.507 e. The number of likely N-dealkylation sites (tertiary alicyclic amines) is 1. The zero-order valence-electron chi connectivity index (χ0n) is 18.0. The summed E-state index contributed by atoms with van der Waals surface area (Å²) in [5.74, 6) is 1.54. The minimum atomic E-state index is -0.144. The molecule has 5 nitrogen and oxygen atoms in total. The van der Waals surface area contributed by atoms with Crippen LogP contribution >= 0.6 is 0 Å². The third-order valence-electron chi connectivity index (χ3n) is 6.53. The van der Waals surface area contributed by atoms with Gasteiger partial charge in [-0.15, -0.1) is 0 Å². The molecule has 1 fully saturated rings. The number of aromatic nitrogens is 1. The number of phenols is 1. The molecule has 2 aliphatic heterocycles. The van der Waals surface area contributed by atoms with E-state index in [1.807, 2.05) is 12.1 Å². The first kappa shape index (κ1) is 20.5. The van der Waals surface area contributed by atoms with E-state index >= 15 is 0 Å². The third kappa shape index (κ3) is 4.30. The molecule has 3 aromatic rings. The molecule has 32 heavy (non-hydrogen) atoms. The van der Waals surface area contributed by atoms with E-state index in [-0.39, 0.29) is 17.3 Å². The number of hydrogen-bond acceptors (Lipinski definition) is 4. The number of ketones is 1. The number of quaternary nitrogens is 1. The van der Waals surface area contributed by atoms with E-state index in [1.165, 1.54) is 10.5 Å². The van der Waals surface area contributed by atoms with Crippen LogP contribution in [0.5, 0.6) is 11.5 Å². The number of ether oxygens (including phenoxy) is 1. The SMILES string of the molecule is O=C1/C(=C\c2ccncc2)Oc2c1ccc(O)c2C[NH+]1CCC(Cc2ccccc2)CC1. The molecular weight excluding hydrogens is 400 g/mol. The molecule has 0 atom stereocenters. The molecular formula is C27H27N2O3+. The maximum absolute atomic E-state index is 12.9. The highest BCUT2D eigenvalue weighted by molar-refractivity contribution is 6.14. The summed E-state index contributed by atoms with van der Waals surface area (Å²) in [6.45, 7) is 2.76. The molecule has 0 unspecified atom stereocenters. The summed E-state index contributed by atoms with van der Waals surface area (Å²) in [6.07, 6.45) is 8.54. The molecule has 1 aromatic heterocycles. The molecule has 2 N–H and O–H groups in total. The molecule has 2 aliphatic rings. The Morgan fingerprint density at radius 1 is 1.03 bits per heavy atom. The Morgan fingerprint density at radius 3 is 2.53 bits per heavy atom. The van der Waals surface area contributed by atoms with Gasteiger partial charge in [-0.3, -0.25) is 9.78 Å². The van der Waals surface area contributed by atoms with E-state index in [0.717, 1.165) is 43.5 Å². The van der Waals surface area contributed by atoms with Gasteiger partial charge < -0.3 is 14.7 Å². The van der Waals surface area contributed by atoms with Crippen LogP contribution in [0, 0.1) is 5.92 Å². The molecule has 0 bridgehead atoms. The Balaban J connectivity index is 1.28. The van der Waals surface area contributed by atoms with Crippen molar-refractivity contribution in [2.75, 3.05) is 13.1 Å². The highest BCUT2D eigenvalue weighted by Crippen LogP contribution is 2.39. The Hall–Kier alpha value is -3.44. The molecule has 5 rings (SSSR count). The van der Waals surface area contributed by atoms with Crippen LogP contribution < -0.4 is 9.64 Å². The van der Waals surface area contributed by atoms with Gasteiger partial charge in [0.25, 0.3) is 0 Å². The van der Waals surface area contributed by atoms with E-state index in [4.69, 9.17) is 4.74 Å². The van der Waals surface area contributed by atoms with E-state index in [9.17, 15) is 9.90 Å². The fraction of sp³-hybridized carbons (Fsp3) is 0.259. The highest BCUT2D eigenvalue weighted by atomic mass is 16.5. The predicted molar refractivity (Wildman–Crippen MR) is 123 cm³/mol. The first-order valence-electron chi connectivity index (χ1n) is 11.2. The van der Waals surface area contributed by atoms with Gasteiger partial charge in [0.05, 0.1) is 24.2 Å². The average molecular weight is 428 g/mol. The molecule has 1 saturated heterocycles. The number of carbonyl (C=O) groups excluding carboxylic acids is 1. The number of pyridine rings is 1. The van der Waals surface area contributed by atoms with Crippen molar-refractivity contribution < 1.29 is 19.5 Å². The molecule has 0 spiro atoms. The highest BCUT2D eigenvalue weighted by Gasteiger charge is 2.33. The number of carbonyl (C=O) groups is 1. The average Bonchev–Trinajstić information content (AvgIpc) is 3.13. The maximum atomic E-state index is 12.9. The van der Waals surface area contributed by atoms with E-state index in [0.29, 0.717) is 23.8 Å². The molecule has 5 heteroatoms. The molecule has 3 heterocycles. The maximum Gasteiger partial charge on any atom is 0.231 e. The summed E-state index contributed by atoms with van der Waals surface area (Å²) in [7, 11) is 0. The van der Waals surface area contributed by atoms with Gasteiger partial charge >= 0.3 is 0 Å². The van der Waals surface area contributed by atoms with Crippen LogP contribution in [0.2, 0.25) is 0 Å². The normalized spacial score (nSPS) is 21.4. The van der Waals surface area contributed by atoms with Gasteiger partial charge in [0.1, 0.15) is 12.3 Å². The second kappa shape index (κ2) is 8.97. The monoisotopic (exact) mass is 427 g/mol. The second-order valence-electron chi connectivity index (χ2n) is 8.72. The summed E-state index contributed by atoms with van der Waals surface area (Å²) in [5, 5.41) is 10.6. The zero-order valence-corrected chi connectivity index (χ0v) is 18.0. The fourth-order valence-corrected chi connectivity index (χ4v) is 4.74. The molecule has 2 aromatic carbocycles. The van der Waals surface area contributed by atoms with Crippen molar-refractivity contribution in [3.8, 4) is 11.5 Å². The number of nitrogens with one attached hydrogen (secondary N) is 1. The van der Waals surface area contributed by atoms with Gasteiger partial charge in [-0.05, 0) is 66.6 Å². The van der Waals surface area contributed by atoms with Crippen LogP contribution in [0.4, 0.5) is 0 Å². The van der Waals surface area contributed by atoms with E-state index < -0.39 is 0 Å². The summed E-state index contributed by atoms with van der Waals surface area (Å²) < 4.78 is 5.99. The molecule has 0 aliphatic carbocycles. The number of phenolic OH excluding ortho intramolecular Hbond substituents is 1. The van der Waals surface area contributed by atoms with Gasteiger partial charge in [0.2, 0.25) is 5.78 Å². The standard InChI is InChI=1S/C27H26N2O3/c30-24-7-6-22-26(31)25(17-20-8-12-28-13-9-20)32-27(22)23(24)18-29-14-10-21(11-15-29)16-19-4-2-1-3-5-19/h1-9,12-13,17,21,30H,10-11,14-16,18H2/p+1/b25-17+. The molecule has 162 valence electrons. The number of fused-ring (bicyclic) bond motifs is 1. The predicted octanol–water partition coefficient (Wildman–Crippen LogP) is 3.44. The van der Waals surface area contributed by atoms with Gasteiger partial charge in [0.15, 0.2) is 11.5 Å². The van der Waals surface area contributed by atoms with Gasteiger partial charge in [-0.1, -0.05) is 30.3 Å². The first-order valence-corrected chi connectivity index (χ1v) is 11.2. The Bertz CT molecular complexity index is 1130. The van der Waals surface area contributed by atoms with Crippen molar-refractivity contribution in [1.29, 1.82) is 0 Å². The van der Waals surface area contributed by atoms with Crippen molar-refractivity contribution in [3.05, 3.63) is 95.0 Å². The Kier molecular flexibility index (Phi) is 5.73. The number of nitrogens with zero attached hydrogens (tertiary/aromatic N) is 1. The van der Waals surface area contributed by atoms with E-state index in [2.05, 4.69) is 35.3 Å². The molecule has 0 radical (unpaired) electrons. The number of rotatable bonds is 5. The van der Waals surface area contributed by atoms with Crippen LogP contribution in [-0.4, -0.2) is 29.0 Å². The summed E-state index contributed by atoms with van der Waals surface area (Å²) in [6, 6.07) is 17.6. The van der Waals surface area contributed by atoms with Crippen LogP contribution in [0.1, 0.15) is 39.9 Å². The summed E-state index contributed by atoms with van der Waals surface area (Å²) in [5.41, 5.74) is 3.51. The van der Waals surface area contributed by atoms with Gasteiger partial charge in [-0.25, -0.2) is 0 Å². The first-order chi connectivity index (χ1) is 15.7. The lowest BCUT2D eigenvalue weighted by atomic mass is 9.90. The van der Waals surface area contributed by atoms with E-state index in [1.54, 1.807) is 30.6 Å². The van der Waals surface area contributed by atoms with Crippen molar-refractivity contribution in [2.45, 2.75) is 25.8 Å². The summed E-state index contributed by atoms with van der Waals surface area (Å²) >= 11 is 0. The quantitative estimate of drug-likeness (QED) is 0.613. The Labute approximate surface area is 188 Å². The van der Waals surface area contributed by atoms with Crippen molar-refractivity contribution in [2.24, 2.45) is 5.92 Å². The zero-order chi connectivity index (χ0) is 21.9. The third-order valence-corrected chi connectivity index (χ3v) is 6.53. The lowest BCUT2D eigenvalue weighted by Crippen LogP contribution is -3.11. The lowest BCUT2D eigenvalue weighted by Gasteiger charge is -2.29. The number of aromatic hydroxyl groups is 1. The number of benzene rings is 2. The fourth-order valence-electron chi connectivity index (χ4n) is 4.74. The lowest BCUT2D eigenvalue weighted by molar-refractivity contribution is -0.919. The van der Waals surface area contributed by atoms with Crippen LogP contribution in [-0.2, 0) is 13.0 Å². The van der Waals surface area contributed by atoms with Gasteiger partial charge in [0, 0.05) is 12.4 Å². The van der Waals surface area contributed by atoms with Crippen LogP contribution in [0.15, 0.2) is 72.8 Å². The number of Topliss-reactive ketones (excluding diaryl/α,β-unsaturated/α-hetero) is 1. The molecule has 0 amide bonds. The van der Waals surface area contributed by atoms with Crippen molar-refractivity contribution in [1.82, 2.24) is 4.98 Å². The van der Waals surface area contributed by atoms with Crippen molar-refractivity contribution in [3.63, 3.8) is 0 Å². The summed E-state index contributed by atoms with van der Waals surface area (Å²) in [4.78, 5) is 18.3. The minimum absolute atomic E-state index is 0.144. The second-order valence-corrected chi connectivity index (χ2v) is 8.72. The van der Waals surface area contributed by atoms with Crippen LogP contribution in [0.3, 0.4) is 0 Å². The number of hydrogen-bond donors (Lipinski definition) is 2. The van der Waals surface area contributed by atoms with Crippen molar-refractivity contribution >= 4 is 11.9 Å². The number of piperidine rings is 1. The topological polar surface area (TPSA) is 63.9 Å². The number of allylic oxidation sites excluding steroid dienone is 1. The van der Waals surface area contributed by atoms with Crippen LogP contribution in [0.25, 0.3) is 6.08 Å². The molecule has 0 saturated carbocycles. The Morgan fingerprint density at radius 2 is 1.78 bits per heavy atom.